The fourth-order valence-corrected chi connectivity index (χ4v) is 1.94. The van der Waals surface area contributed by atoms with E-state index in [1.165, 1.54) is 18.0 Å². The molecule has 0 amide bonds. The molecule has 1 aromatic rings. The third kappa shape index (κ3) is 1.81. The highest BCUT2D eigenvalue weighted by atomic mass is 32.1. The predicted molar refractivity (Wildman–Crippen MR) is 52.0 cm³/mol. The molecular weight excluding hydrogens is 186 g/mol. The van der Waals surface area contributed by atoms with E-state index in [-0.39, 0.29) is 5.60 Å². The summed E-state index contributed by atoms with van der Waals surface area (Å²) in [5, 5.41) is 4.12. The molecule has 0 bridgehead atoms. The molecule has 72 valence electrons. The van der Waals surface area contributed by atoms with Gasteiger partial charge < -0.3 is 10.1 Å². The summed E-state index contributed by atoms with van der Waals surface area (Å²) in [6.45, 7) is 0.846. The van der Waals surface area contributed by atoms with Gasteiger partial charge in [-0.1, -0.05) is 0 Å². The Balaban J connectivity index is 1.84. The van der Waals surface area contributed by atoms with Gasteiger partial charge in [0, 0.05) is 25.2 Å². The lowest BCUT2D eigenvalue weighted by Crippen LogP contribution is -2.45. The van der Waals surface area contributed by atoms with Gasteiger partial charge in [0.2, 0.25) is 5.13 Å². The Labute approximate surface area is 81.5 Å². The normalized spacial score (nSPS) is 19.5. The first-order valence-corrected chi connectivity index (χ1v) is 5.18. The maximum Gasteiger partial charge on any atom is 0.202 e. The van der Waals surface area contributed by atoms with Gasteiger partial charge in [0.1, 0.15) is 6.33 Å². The van der Waals surface area contributed by atoms with E-state index < -0.39 is 0 Å². The number of anilines is 1. The number of hydrogen-bond acceptors (Lipinski definition) is 5. The van der Waals surface area contributed by atoms with E-state index in [1.54, 1.807) is 13.4 Å². The van der Waals surface area contributed by atoms with Crippen LogP contribution in [0.1, 0.15) is 19.3 Å². The zero-order valence-corrected chi connectivity index (χ0v) is 8.43. The molecule has 4 nitrogen and oxygen atoms in total. The van der Waals surface area contributed by atoms with Crippen LogP contribution in [0.5, 0.6) is 0 Å². The number of methoxy groups -OCH3 is 1. The number of aromatic nitrogens is 2. The number of nitrogens with one attached hydrogen (secondary N) is 1. The van der Waals surface area contributed by atoms with Crippen molar-refractivity contribution in [1.82, 2.24) is 9.36 Å². The molecule has 0 aromatic carbocycles. The lowest BCUT2D eigenvalue weighted by molar-refractivity contribution is -0.0601. The summed E-state index contributed by atoms with van der Waals surface area (Å²) in [5.74, 6) is 0. The fourth-order valence-electron chi connectivity index (χ4n) is 1.51. The van der Waals surface area contributed by atoms with Crippen molar-refractivity contribution in [2.24, 2.45) is 0 Å². The van der Waals surface area contributed by atoms with Crippen molar-refractivity contribution < 1.29 is 4.74 Å². The highest BCUT2D eigenvalue weighted by Gasteiger charge is 2.36. The average molecular weight is 199 g/mol. The number of ether oxygens (including phenoxy) is 1. The number of rotatable bonds is 4. The van der Waals surface area contributed by atoms with E-state index in [0.717, 1.165) is 24.5 Å². The molecule has 2 rings (SSSR count). The van der Waals surface area contributed by atoms with Crippen LogP contribution < -0.4 is 5.32 Å². The molecule has 0 atom stereocenters. The van der Waals surface area contributed by atoms with Gasteiger partial charge in [-0.3, -0.25) is 0 Å². The Morgan fingerprint density at radius 3 is 3.00 bits per heavy atom. The van der Waals surface area contributed by atoms with Gasteiger partial charge in [-0.25, -0.2) is 4.98 Å². The smallest absolute Gasteiger partial charge is 0.202 e. The first-order valence-electron chi connectivity index (χ1n) is 4.40. The van der Waals surface area contributed by atoms with Gasteiger partial charge in [0.25, 0.3) is 0 Å². The van der Waals surface area contributed by atoms with E-state index in [0.29, 0.717) is 0 Å². The van der Waals surface area contributed by atoms with Crippen LogP contribution in [0.3, 0.4) is 0 Å². The van der Waals surface area contributed by atoms with Crippen LogP contribution in [0.2, 0.25) is 0 Å². The summed E-state index contributed by atoms with van der Waals surface area (Å²) >= 11 is 1.38. The molecular formula is C8H13N3OS. The Bertz CT molecular complexity index is 253. The van der Waals surface area contributed by atoms with Gasteiger partial charge in [0.15, 0.2) is 0 Å². The van der Waals surface area contributed by atoms with Crippen molar-refractivity contribution in [2.45, 2.75) is 24.9 Å². The van der Waals surface area contributed by atoms with Gasteiger partial charge in [-0.15, -0.1) is 0 Å². The first kappa shape index (κ1) is 8.90. The maximum absolute atomic E-state index is 5.47. The van der Waals surface area contributed by atoms with Crippen LogP contribution in [-0.2, 0) is 4.74 Å². The minimum Gasteiger partial charge on any atom is -0.376 e. The maximum atomic E-state index is 5.47. The molecule has 0 saturated heterocycles. The number of hydrogen-bond donors (Lipinski definition) is 1. The predicted octanol–water partition coefficient (Wildman–Crippen LogP) is 1.52. The van der Waals surface area contributed by atoms with Crippen molar-refractivity contribution in [3.63, 3.8) is 0 Å². The summed E-state index contributed by atoms with van der Waals surface area (Å²) in [6.07, 6.45) is 5.13. The van der Waals surface area contributed by atoms with Crippen LogP contribution in [-0.4, -0.2) is 28.6 Å². The molecule has 5 heteroatoms. The monoisotopic (exact) mass is 199 g/mol. The van der Waals surface area contributed by atoms with Crippen LogP contribution in [0.4, 0.5) is 5.13 Å². The lowest BCUT2D eigenvalue weighted by Gasteiger charge is -2.40. The van der Waals surface area contributed by atoms with Crippen molar-refractivity contribution in [1.29, 1.82) is 0 Å². The van der Waals surface area contributed by atoms with Gasteiger partial charge in [-0.05, 0) is 19.3 Å². The van der Waals surface area contributed by atoms with Crippen LogP contribution in [0, 0.1) is 0 Å². The van der Waals surface area contributed by atoms with Crippen molar-refractivity contribution >= 4 is 16.7 Å². The van der Waals surface area contributed by atoms with E-state index >= 15 is 0 Å². The zero-order valence-electron chi connectivity index (χ0n) is 7.62. The second-order valence-corrected chi connectivity index (χ2v) is 4.12. The Morgan fingerprint density at radius 2 is 2.54 bits per heavy atom. The molecule has 0 spiro atoms. The van der Waals surface area contributed by atoms with Crippen molar-refractivity contribution in [2.75, 3.05) is 19.0 Å². The summed E-state index contributed by atoms with van der Waals surface area (Å²) < 4.78 is 9.39. The average Bonchev–Trinajstić information content (AvgIpc) is 2.56. The topological polar surface area (TPSA) is 47.0 Å². The molecule has 13 heavy (non-hydrogen) atoms. The number of nitrogens with zero attached hydrogens (tertiary/aromatic N) is 2. The van der Waals surface area contributed by atoms with E-state index in [1.807, 2.05) is 0 Å². The fraction of sp³-hybridized carbons (Fsp3) is 0.750. The molecule has 1 heterocycles. The lowest BCUT2D eigenvalue weighted by atomic mass is 9.80. The van der Waals surface area contributed by atoms with Gasteiger partial charge >= 0.3 is 0 Å². The minimum absolute atomic E-state index is 0.0612. The minimum atomic E-state index is 0.0612. The third-order valence-electron chi connectivity index (χ3n) is 2.62. The molecule has 1 aliphatic rings. The van der Waals surface area contributed by atoms with Crippen LogP contribution in [0.15, 0.2) is 6.33 Å². The standard InChI is InChI=1S/C8H13N3OS/c1-12-8(3-2-4-8)5-9-7-10-6-11-13-7/h6H,2-5H2,1H3,(H,9,10,11). The van der Waals surface area contributed by atoms with E-state index in [2.05, 4.69) is 14.7 Å². The van der Waals surface area contributed by atoms with Crippen molar-refractivity contribution in [3.05, 3.63) is 6.33 Å². The highest BCUT2D eigenvalue weighted by Crippen LogP contribution is 2.35. The van der Waals surface area contributed by atoms with Crippen LogP contribution in [0.25, 0.3) is 0 Å². The zero-order chi connectivity index (χ0) is 9.15. The molecule has 0 aliphatic heterocycles. The molecule has 1 N–H and O–H groups in total. The molecule has 1 fully saturated rings. The van der Waals surface area contributed by atoms with Crippen molar-refractivity contribution in [3.8, 4) is 0 Å². The third-order valence-corrected chi connectivity index (χ3v) is 3.24. The van der Waals surface area contributed by atoms with E-state index in [4.69, 9.17) is 4.74 Å². The van der Waals surface area contributed by atoms with Crippen LogP contribution >= 0.6 is 11.5 Å². The van der Waals surface area contributed by atoms with Gasteiger partial charge in [0.05, 0.1) is 5.60 Å². The second-order valence-electron chi connectivity index (χ2n) is 3.34. The summed E-state index contributed by atoms with van der Waals surface area (Å²) in [4.78, 5) is 4.05. The molecule has 1 aromatic heterocycles. The summed E-state index contributed by atoms with van der Waals surface area (Å²) in [6, 6.07) is 0. The first-order chi connectivity index (χ1) is 6.35. The SMILES string of the molecule is COC1(CNc2ncns2)CCC1. The molecule has 0 radical (unpaired) electrons. The molecule has 0 unspecified atom stereocenters. The van der Waals surface area contributed by atoms with Gasteiger partial charge in [-0.2, -0.15) is 4.37 Å². The Morgan fingerprint density at radius 1 is 1.69 bits per heavy atom. The summed E-state index contributed by atoms with van der Waals surface area (Å²) in [5.41, 5.74) is 0.0612. The molecule has 1 saturated carbocycles. The molecule has 1 aliphatic carbocycles. The van der Waals surface area contributed by atoms with E-state index in [9.17, 15) is 0 Å². The highest BCUT2D eigenvalue weighted by molar-refractivity contribution is 7.09. The summed E-state index contributed by atoms with van der Waals surface area (Å²) in [7, 11) is 1.78. The second kappa shape index (κ2) is 3.59. The largest absolute Gasteiger partial charge is 0.376 e. The quantitative estimate of drug-likeness (QED) is 0.798. The Hall–Kier alpha value is -0.680. The Kier molecular flexibility index (Phi) is 2.46.